The summed E-state index contributed by atoms with van der Waals surface area (Å²) in [4.78, 5) is 11.7. The summed E-state index contributed by atoms with van der Waals surface area (Å²) < 4.78 is 0. The van der Waals surface area contributed by atoms with Gasteiger partial charge in [-0.3, -0.25) is 0 Å². The van der Waals surface area contributed by atoms with Crippen LogP contribution in [0, 0.1) is 40.4 Å². The van der Waals surface area contributed by atoms with E-state index in [0.29, 0.717) is 22.5 Å². The molecule has 3 saturated carbocycles. The number of rotatable bonds is 2. The van der Waals surface area contributed by atoms with E-state index in [2.05, 4.69) is 26.0 Å². The molecular weight excluding hydrogens is 280 g/mol. The second-order valence-corrected chi connectivity index (χ2v) is 9.76. The first-order chi connectivity index (χ1) is 10.9. The van der Waals surface area contributed by atoms with Crippen molar-refractivity contribution in [1.82, 2.24) is 0 Å². The third-order valence-corrected chi connectivity index (χ3v) is 8.89. The second-order valence-electron chi connectivity index (χ2n) is 9.76. The Morgan fingerprint density at radius 2 is 1.78 bits per heavy atom. The Morgan fingerprint density at radius 1 is 1.00 bits per heavy atom. The summed E-state index contributed by atoms with van der Waals surface area (Å²) >= 11 is 0. The lowest BCUT2D eigenvalue weighted by Crippen LogP contribution is -2.52. The van der Waals surface area contributed by atoms with Crippen LogP contribution in [0.2, 0.25) is 0 Å². The molecule has 23 heavy (non-hydrogen) atoms. The average Bonchev–Trinajstić information content (AvgIpc) is 2.83. The van der Waals surface area contributed by atoms with Gasteiger partial charge in [0.1, 0.15) is 5.78 Å². The van der Waals surface area contributed by atoms with Gasteiger partial charge in [-0.15, -0.1) is 0 Å². The molecule has 0 heterocycles. The van der Waals surface area contributed by atoms with E-state index in [1.165, 1.54) is 51.4 Å². The fraction of sp³-hybridized carbons (Fsp3) is 0.864. The Labute approximate surface area is 142 Å². The Morgan fingerprint density at radius 3 is 2.57 bits per heavy atom. The molecule has 0 aliphatic heterocycles. The first-order valence-electron chi connectivity index (χ1n) is 10.1. The van der Waals surface area contributed by atoms with Crippen LogP contribution in [-0.4, -0.2) is 5.78 Å². The molecule has 0 aromatic rings. The minimum Gasteiger partial charge on any atom is -0.300 e. The Kier molecular flexibility index (Phi) is 3.78. The Hall–Kier alpha value is -0.590. The van der Waals surface area contributed by atoms with Crippen molar-refractivity contribution in [3.8, 4) is 0 Å². The molecule has 4 rings (SSSR count). The van der Waals surface area contributed by atoms with Gasteiger partial charge in [-0.1, -0.05) is 26.0 Å². The van der Waals surface area contributed by atoms with Crippen molar-refractivity contribution >= 4 is 5.78 Å². The molecule has 3 fully saturated rings. The topological polar surface area (TPSA) is 17.1 Å². The molecular formula is C22H34O. The zero-order valence-electron chi connectivity index (χ0n) is 15.3. The Balaban J connectivity index is 1.60. The van der Waals surface area contributed by atoms with Gasteiger partial charge in [0.05, 0.1) is 0 Å². The van der Waals surface area contributed by atoms with Crippen LogP contribution in [0.3, 0.4) is 0 Å². The van der Waals surface area contributed by atoms with E-state index in [4.69, 9.17) is 0 Å². The zero-order valence-corrected chi connectivity index (χ0v) is 15.3. The van der Waals surface area contributed by atoms with Crippen molar-refractivity contribution in [3.05, 3.63) is 12.2 Å². The van der Waals surface area contributed by atoms with E-state index in [1.54, 1.807) is 6.92 Å². The van der Waals surface area contributed by atoms with Gasteiger partial charge in [0.25, 0.3) is 0 Å². The van der Waals surface area contributed by atoms with Crippen LogP contribution in [0.15, 0.2) is 12.2 Å². The quantitative estimate of drug-likeness (QED) is 0.589. The van der Waals surface area contributed by atoms with Gasteiger partial charge in [0, 0.05) is 6.42 Å². The van der Waals surface area contributed by atoms with E-state index in [0.717, 1.165) is 30.1 Å². The molecule has 1 nitrogen and oxygen atoms in total. The molecule has 0 aromatic heterocycles. The lowest BCUT2D eigenvalue weighted by molar-refractivity contribution is -0.121. The largest absolute Gasteiger partial charge is 0.300 e. The molecule has 0 spiro atoms. The molecule has 0 amide bonds. The van der Waals surface area contributed by atoms with Gasteiger partial charge in [-0.25, -0.2) is 0 Å². The van der Waals surface area contributed by atoms with Crippen molar-refractivity contribution in [1.29, 1.82) is 0 Å². The van der Waals surface area contributed by atoms with Crippen LogP contribution in [0.4, 0.5) is 0 Å². The van der Waals surface area contributed by atoms with Gasteiger partial charge in [0.15, 0.2) is 0 Å². The lowest BCUT2D eigenvalue weighted by atomic mass is 9.45. The van der Waals surface area contributed by atoms with Gasteiger partial charge in [-0.2, -0.15) is 0 Å². The summed E-state index contributed by atoms with van der Waals surface area (Å²) in [6.45, 7) is 6.95. The monoisotopic (exact) mass is 314 g/mol. The maximum atomic E-state index is 11.7. The Bertz CT molecular complexity index is 520. The van der Waals surface area contributed by atoms with Crippen molar-refractivity contribution < 1.29 is 4.79 Å². The van der Waals surface area contributed by atoms with Gasteiger partial charge in [-0.05, 0) is 98.7 Å². The molecule has 0 radical (unpaired) electrons. The van der Waals surface area contributed by atoms with E-state index in [9.17, 15) is 4.79 Å². The number of hydrogen-bond donors (Lipinski definition) is 0. The summed E-state index contributed by atoms with van der Waals surface area (Å²) in [5, 5.41) is 0. The molecule has 0 aromatic carbocycles. The number of carbonyl (C=O) groups is 1. The fourth-order valence-electron chi connectivity index (χ4n) is 7.62. The highest BCUT2D eigenvalue weighted by molar-refractivity contribution is 5.75. The van der Waals surface area contributed by atoms with Crippen molar-refractivity contribution in [2.75, 3.05) is 0 Å². The molecule has 128 valence electrons. The summed E-state index contributed by atoms with van der Waals surface area (Å²) in [5.74, 6) is 4.71. The fourth-order valence-corrected chi connectivity index (χ4v) is 7.62. The number of carbonyl (C=O) groups excluding carboxylic acids is 1. The van der Waals surface area contributed by atoms with Gasteiger partial charge < -0.3 is 4.79 Å². The maximum Gasteiger partial charge on any atom is 0.130 e. The summed E-state index contributed by atoms with van der Waals surface area (Å²) in [6, 6.07) is 0. The third kappa shape index (κ3) is 2.29. The van der Waals surface area contributed by atoms with E-state index < -0.39 is 0 Å². The third-order valence-electron chi connectivity index (χ3n) is 8.89. The average molecular weight is 315 g/mol. The number of allylic oxidation sites excluding steroid dienone is 2. The number of ketones is 1. The number of fused-ring (bicyclic) bond motifs is 5. The van der Waals surface area contributed by atoms with Crippen LogP contribution < -0.4 is 0 Å². The predicted octanol–water partition coefficient (Wildman–Crippen LogP) is 5.79. The second kappa shape index (κ2) is 5.46. The van der Waals surface area contributed by atoms with Gasteiger partial charge in [0.2, 0.25) is 0 Å². The predicted molar refractivity (Wildman–Crippen MR) is 95.0 cm³/mol. The molecule has 4 aliphatic rings. The highest BCUT2D eigenvalue weighted by Gasteiger charge is 2.59. The molecule has 1 heteroatoms. The SMILES string of the molecule is CC(=O)CC1CC[C@H]2[C@@H]3CCC4C=CCC[C@]4(C)[C@H]3CC[C@]12C. The number of hydrogen-bond acceptors (Lipinski definition) is 1. The van der Waals surface area contributed by atoms with Crippen molar-refractivity contribution in [2.45, 2.75) is 78.6 Å². The van der Waals surface area contributed by atoms with E-state index in [1.807, 2.05) is 0 Å². The normalized spacial score (nSPS) is 51.7. The minimum absolute atomic E-state index is 0.409. The summed E-state index contributed by atoms with van der Waals surface area (Å²) in [7, 11) is 0. The highest BCUT2D eigenvalue weighted by atomic mass is 16.1. The molecule has 0 bridgehead atoms. The van der Waals surface area contributed by atoms with Gasteiger partial charge >= 0.3 is 0 Å². The number of Topliss-reactive ketones (excluding diaryl/α,β-unsaturated/α-hetero) is 1. The van der Waals surface area contributed by atoms with Crippen LogP contribution in [-0.2, 0) is 4.79 Å². The maximum absolute atomic E-state index is 11.7. The molecule has 0 saturated heterocycles. The summed E-state index contributed by atoms with van der Waals surface area (Å²) in [6.07, 6.45) is 16.9. The smallest absolute Gasteiger partial charge is 0.130 e. The summed E-state index contributed by atoms with van der Waals surface area (Å²) in [5.41, 5.74) is 1.03. The highest BCUT2D eigenvalue weighted by Crippen LogP contribution is 2.67. The van der Waals surface area contributed by atoms with Crippen molar-refractivity contribution in [2.24, 2.45) is 40.4 Å². The molecule has 2 unspecified atom stereocenters. The van der Waals surface area contributed by atoms with Crippen LogP contribution in [0.1, 0.15) is 78.6 Å². The first kappa shape index (κ1) is 15.9. The van der Waals surface area contributed by atoms with Crippen molar-refractivity contribution in [3.63, 3.8) is 0 Å². The zero-order chi connectivity index (χ0) is 16.2. The molecule has 0 N–H and O–H groups in total. The minimum atomic E-state index is 0.409. The standard InChI is InChI=1S/C22H34O/c1-15(23)14-17-8-10-19-18-9-7-16-6-4-5-12-21(16,2)20(18)11-13-22(17,19)3/h4,6,16-20H,5,7-14H2,1-3H3/t16?,17?,18-,19-,20-,21-,22+/m0/s1. The molecule has 4 aliphatic carbocycles. The van der Waals surface area contributed by atoms with Crippen LogP contribution in [0.25, 0.3) is 0 Å². The van der Waals surface area contributed by atoms with Crippen LogP contribution in [0.5, 0.6) is 0 Å². The molecule has 7 atom stereocenters. The van der Waals surface area contributed by atoms with E-state index in [-0.39, 0.29) is 0 Å². The lowest BCUT2D eigenvalue weighted by Gasteiger charge is -2.59. The van der Waals surface area contributed by atoms with E-state index >= 15 is 0 Å². The first-order valence-corrected chi connectivity index (χ1v) is 10.1. The van der Waals surface area contributed by atoms with Crippen LogP contribution >= 0.6 is 0 Å².